The van der Waals surface area contributed by atoms with Gasteiger partial charge in [-0.25, -0.2) is 0 Å². The van der Waals surface area contributed by atoms with E-state index < -0.39 is 0 Å². The van der Waals surface area contributed by atoms with Crippen LogP contribution >= 0.6 is 0 Å². The molecule has 0 aromatic heterocycles. The van der Waals surface area contributed by atoms with Crippen molar-refractivity contribution in [3.05, 3.63) is 12.3 Å². The van der Waals surface area contributed by atoms with Crippen LogP contribution < -0.4 is 0 Å². The lowest BCUT2D eigenvalue weighted by Gasteiger charge is -2.34. The highest BCUT2D eigenvalue weighted by molar-refractivity contribution is 5.83. The van der Waals surface area contributed by atoms with E-state index in [1.165, 1.54) is 0 Å². The molecule has 0 fully saturated rings. The summed E-state index contributed by atoms with van der Waals surface area (Å²) in [5.74, 6) is 0.253. The molecule has 1 unspecified atom stereocenters. The van der Waals surface area contributed by atoms with Crippen molar-refractivity contribution >= 4 is 12.1 Å². The first-order valence-electron chi connectivity index (χ1n) is 5.54. The molecule has 0 aliphatic carbocycles. The second kappa shape index (κ2) is 5.10. The van der Waals surface area contributed by atoms with Gasteiger partial charge in [-0.2, -0.15) is 0 Å². The third-order valence-corrected chi connectivity index (χ3v) is 2.49. The van der Waals surface area contributed by atoms with E-state index in [1.54, 1.807) is 6.20 Å². The number of rotatable bonds is 3. The normalized spacial score (nSPS) is 20.0. The Kier molecular flexibility index (Phi) is 4.06. The fourth-order valence-electron chi connectivity index (χ4n) is 1.76. The highest BCUT2D eigenvalue weighted by atomic mass is 16.2. The van der Waals surface area contributed by atoms with E-state index in [-0.39, 0.29) is 23.9 Å². The minimum absolute atomic E-state index is 0.0479. The third kappa shape index (κ3) is 2.91. The van der Waals surface area contributed by atoms with Crippen molar-refractivity contribution in [2.75, 3.05) is 0 Å². The maximum absolute atomic E-state index is 12.0. The molecular weight excluding hydrogens is 188 g/mol. The van der Waals surface area contributed by atoms with Crippen molar-refractivity contribution in [3.8, 4) is 0 Å². The van der Waals surface area contributed by atoms with Gasteiger partial charge in [0.2, 0.25) is 5.91 Å². The topological polar surface area (TPSA) is 32.7 Å². The van der Waals surface area contributed by atoms with Gasteiger partial charge in [0.1, 0.15) is 0 Å². The molecule has 0 saturated heterocycles. The van der Waals surface area contributed by atoms with Crippen LogP contribution in [-0.4, -0.2) is 29.1 Å². The molecule has 0 N–H and O–H groups in total. The fourth-order valence-corrected chi connectivity index (χ4v) is 1.76. The van der Waals surface area contributed by atoms with Crippen molar-refractivity contribution in [2.24, 2.45) is 10.9 Å². The predicted octanol–water partition coefficient (Wildman–Crippen LogP) is 2.24. The Morgan fingerprint density at radius 1 is 1.40 bits per heavy atom. The van der Waals surface area contributed by atoms with Crippen molar-refractivity contribution in [1.29, 1.82) is 0 Å². The Morgan fingerprint density at radius 3 is 2.47 bits per heavy atom. The van der Waals surface area contributed by atoms with Crippen molar-refractivity contribution in [1.82, 2.24) is 4.90 Å². The molecule has 1 aliphatic heterocycles. The van der Waals surface area contributed by atoms with Gasteiger partial charge >= 0.3 is 0 Å². The highest BCUT2D eigenvalue weighted by Gasteiger charge is 2.26. The molecule has 0 spiro atoms. The lowest BCUT2D eigenvalue weighted by molar-refractivity contribution is -0.137. The number of carbonyl (C=O) groups excluding carboxylic acids is 1. The zero-order chi connectivity index (χ0) is 11.4. The van der Waals surface area contributed by atoms with Gasteiger partial charge in [-0.1, -0.05) is 19.9 Å². The standard InChI is InChI=1S/C12H20N2O/c1-9(2)12(15)14(10(3)4)11-6-5-7-13-8-11/h5,7-11H,6H2,1-4H3. The van der Waals surface area contributed by atoms with Gasteiger partial charge in [-0.05, 0) is 20.3 Å². The van der Waals surface area contributed by atoms with Crippen molar-refractivity contribution < 1.29 is 4.79 Å². The first-order chi connectivity index (χ1) is 7.04. The second-order valence-corrected chi connectivity index (χ2v) is 4.48. The number of hydrogen-bond acceptors (Lipinski definition) is 2. The molecule has 1 aliphatic rings. The van der Waals surface area contributed by atoms with Crippen molar-refractivity contribution in [2.45, 2.75) is 46.2 Å². The molecule has 0 saturated carbocycles. The van der Waals surface area contributed by atoms with E-state index in [2.05, 4.69) is 4.99 Å². The van der Waals surface area contributed by atoms with Crippen LogP contribution in [0.3, 0.4) is 0 Å². The summed E-state index contributed by atoms with van der Waals surface area (Å²) in [6, 6.07) is 0.354. The second-order valence-electron chi connectivity index (χ2n) is 4.48. The van der Waals surface area contributed by atoms with Crippen molar-refractivity contribution in [3.63, 3.8) is 0 Å². The number of aliphatic imine (C=N–C) groups is 1. The van der Waals surface area contributed by atoms with Crippen LogP contribution in [-0.2, 0) is 4.79 Å². The SMILES string of the molecule is CC(C)C(=O)N(C(C)C)C1C=NC=CC1. The van der Waals surface area contributed by atoms with Gasteiger partial charge in [0, 0.05) is 24.4 Å². The van der Waals surface area contributed by atoms with Gasteiger partial charge in [-0.15, -0.1) is 0 Å². The van der Waals surface area contributed by atoms with E-state index in [4.69, 9.17) is 0 Å². The van der Waals surface area contributed by atoms with Crippen LogP contribution in [0.5, 0.6) is 0 Å². The highest BCUT2D eigenvalue weighted by Crippen LogP contribution is 2.15. The van der Waals surface area contributed by atoms with Gasteiger partial charge < -0.3 is 4.90 Å². The van der Waals surface area contributed by atoms with Crippen LogP contribution in [0, 0.1) is 5.92 Å². The van der Waals surface area contributed by atoms with E-state index >= 15 is 0 Å². The maximum atomic E-state index is 12.0. The number of hydrogen-bond donors (Lipinski definition) is 0. The molecular formula is C12H20N2O. The monoisotopic (exact) mass is 208 g/mol. The molecule has 1 rings (SSSR count). The molecule has 3 nitrogen and oxygen atoms in total. The van der Waals surface area contributed by atoms with E-state index in [9.17, 15) is 4.79 Å². The summed E-state index contributed by atoms with van der Waals surface area (Å²) in [7, 11) is 0. The van der Waals surface area contributed by atoms with E-state index in [1.807, 2.05) is 44.9 Å². The zero-order valence-corrected chi connectivity index (χ0v) is 9.97. The number of carbonyl (C=O) groups is 1. The minimum atomic E-state index is 0.0479. The Balaban J connectivity index is 2.78. The number of amides is 1. The smallest absolute Gasteiger partial charge is 0.225 e. The molecule has 84 valence electrons. The summed E-state index contributed by atoms with van der Waals surface area (Å²) >= 11 is 0. The van der Waals surface area contributed by atoms with Crippen LogP contribution in [0.2, 0.25) is 0 Å². The lowest BCUT2D eigenvalue weighted by atomic mass is 10.1. The van der Waals surface area contributed by atoms with Crippen LogP contribution in [0.4, 0.5) is 0 Å². The Labute approximate surface area is 91.9 Å². The summed E-state index contributed by atoms with van der Waals surface area (Å²) in [6.07, 6.45) is 6.53. The Hall–Kier alpha value is -1.12. The first kappa shape index (κ1) is 12.0. The van der Waals surface area contributed by atoms with Crippen LogP contribution in [0.1, 0.15) is 34.1 Å². The largest absolute Gasteiger partial charge is 0.332 e. The Bertz CT molecular complexity index is 279. The molecule has 15 heavy (non-hydrogen) atoms. The maximum Gasteiger partial charge on any atom is 0.225 e. The molecule has 1 atom stereocenters. The first-order valence-corrected chi connectivity index (χ1v) is 5.54. The Morgan fingerprint density at radius 2 is 2.07 bits per heavy atom. The van der Waals surface area contributed by atoms with Crippen LogP contribution in [0.15, 0.2) is 17.3 Å². The predicted molar refractivity (Wildman–Crippen MR) is 62.9 cm³/mol. The summed E-state index contributed by atoms with van der Waals surface area (Å²) in [5, 5.41) is 0. The van der Waals surface area contributed by atoms with Gasteiger partial charge in [0.25, 0.3) is 0 Å². The van der Waals surface area contributed by atoms with Gasteiger partial charge in [0.05, 0.1) is 6.04 Å². The fraction of sp³-hybridized carbons (Fsp3) is 0.667. The average molecular weight is 208 g/mol. The third-order valence-electron chi connectivity index (χ3n) is 2.49. The molecule has 0 radical (unpaired) electrons. The van der Waals surface area contributed by atoms with Crippen LogP contribution in [0.25, 0.3) is 0 Å². The van der Waals surface area contributed by atoms with E-state index in [0.29, 0.717) is 0 Å². The summed E-state index contributed by atoms with van der Waals surface area (Å²) in [6.45, 7) is 7.97. The minimum Gasteiger partial charge on any atom is -0.332 e. The average Bonchev–Trinajstić information content (AvgIpc) is 2.18. The van der Waals surface area contributed by atoms with Gasteiger partial charge in [0.15, 0.2) is 0 Å². The molecule has 3 heteroatoms. The lowest BCUT2D eigenvalue weighted by Crippen LogP contribution is -2.47. The summed E-state index contributed by atoms with van der Waals surface area (Å²) < 4.78 is 0. The molecule has 1 heterocycles. The molecule has 1 amide bonds. The molecule has 0 bridgehead atoms. The molecule has 0 aromatic rings. The summed E-state index contributed by atoms with van der Waals surface area (Å²) in [5.41, 5.74) is 0. The quantitative estimate of drug-likeness (QED) is 0.700. The summed E-state index contributed by atoms with van der Waals surface area (Å²) in [4.78, 5) is 18.1. The van der Waals surface area contributed by atoms with E-state index in [0.717, 1.165) is 6.42 Å². The molecule has 0 aromatic carbocycles. The zero-order valence-electron chi connectivity index (χ0n) is 9.97. The number of nitrogens with zero attached hydrogens (tertiary/aromatic N) is 2. The van der Waals surface area contributed by atoms with Gasteiger partial charge in [-0.3, -0.25) is 9.79 Å².